The smallest absolute Gasteiger partial charge is 0.224 e. The van der Waals surface area contributed by atoms with E-state index in [1.54, 1.807) is 17.9 Å². The molecule has 11 nitrogen and oxygen atoms in total. The Morgan fingerprint density at radius 3 is 3.14 bits per heavy atom. The summed E-state index contributed by atoms with van der Waals surface area (Å²) in [7, 11) is 1.71. The van der Waals surface area contributed by atoms with Crippen LogP contribution in [-0.2, 0) is 4.74 Å². The first-order valence-electron chi connectivity index (χ1n) is 6.66. The summed E-state index contributed by atoms with van der Waals surface area (Å²) in [5, 5.41) is 15.9. The van der Waals surface area contributed by atoms with Crippen molar-refractivity contribution in [3.63, 3.8) is 0 Å². The van der Waals surface area contributed by atoms with Gasteiger partial charge in [0.15, 0.2) is 17.0 Å². The quantitative estimate of drug-likeness (QED) is 0.418. The average molecular weight is 305 g/mol. The monoisotopic (exact) mass is 305 g/mol. The average Bonchev–Trinajstić information content (AvgIpc) is 3.10. The molecular formula is C11H15N9O2. The van der Waals surface area contributed by atoms with Crippen LogP contribution in [0.15, 0.2) is 11.4 Å². The Kier molecular flexibility index (Phi) is 3.67. The third-order valence-electron chi connectivity index (χ3n) is 3.57. The fourth-order valence-corrected chi connectivity index (χ4v) is 2.56. The van der Waals surface area contributed by atoms with E-state index >= 15 is 0 Å². The normalized spacial score (nSPS) is 24.4. The molecule has 11 heteroatoms. The van der Waals surface area contributed by atoms with Crippen molar-refractivity contribution in [3.8, 4) is 0 Å². The number of anilines is 2. The second-order valence-electron chi connectivity index (χ2n) is 4.82. The second kappa shape index (κ2) is 5.64. The minimum atomic E-state index is -0.554. The van der Waals surface area contributed by atoms with Crippen LogP contribution in [0.3, 0.4) is 0 Å². The van der Waals surface area contributed by atoms with Crippen molar-refractivity contribution in [2.75, 3.05) is 24.7 Å². The highest BCUT2D eigenvalue weighted by Gasteiger charge is 2.36. The molecule has 0 aliphatic carbocycles. The van der Waals surface area contributed by atoms with Crippen LogP contribution < -0.4 is 11.1 Å². The fourth-order valence-electron chi connectivity index (χ4n) is 2.56. The van der Waals surface area contributed by atoms with Crippen LogP contribution in [0.5, 0.6) is 0 Å². The molecule has 3 rings (SSSR count). The highest BCUT2D eigenvalue weighted by molar-refractivity contribution is 5.84. The van der Waals surface area contributed by atoms with Gasteiger partial charge in [-0.05, 0) is 5.53 Å². The zero-order valence-electron chi connectivity index (χ0n) is 11.8. The molecule has 116 valence electrons. The van der Waals surface area contributed by atoms with Crippen molar-refractivity contribution in [3.05, 3.63) is 16.8 Å². The van der Waals surface area contributed by atoms with Crippen molar-refractivity contribution < 1.29 is 9.84 Å². The van der Waals surface area contributed by atoms with E-state index < -0.39 is 18.4 Å². The van der Waals surface area contributed by atoms with Crippen LogP contribution >= 0.6 is 0 Å². The van der Waals surface area contributed by atoms with E-state index in [9.17, 15) is 5.11 Å². The van der Waals surface area contributed by atoms with Crippen LogP contribution in [-0.4, -0.2) is 50.4 Å². The minimum absolute atomic E-state index is 0.113. The first kappa shape index (κ1) is 14.3. The summed E-state index contributed by atoms with van der Waals surface area (Å²) in [6.45, 7) is -0.230. The first-order chi connectivity index (χ1) is 10.7. The van der Waals surface area contributed by atoms with E-state index in [1.807, 2.05) is 0 Å². The highest BCUT2D eigenvalue weighted by atomic mass is 16.5. The molecule has 0 unspecified atom stereocenters. The summed E-state index contributed by atoms with van der Waals surface area (Å²) in [6, 6.07) is -0.444. The van der Waals surface area contributed by atoms with Crippen LogP contribution in [0.25, 0.3) is 21.6 Å². The summed E-state index contributed by atoms with van der Waals surface area (Å²) >= 11 is 0. The van der Waals surface area contributed by atoms with Gasteiger partial charge in [0.1, 0.15) is 6.23 Å². The lowest BCUT2D eigenvalue weighted by Crippen LogP contribution is -2.22. The summed E-state index contributed by atoms with van der Waals surface area (Å²) in [4.78, 5) is 15.3. The summed E-state index contributed by atoms with van der Waals surface area (Å²) < 4.78 is 7.43. The van der Waals surface area contributed by atoms with E-state index in [0.717, 1.165) is 0 Å². The maximum atomic E-state index is 9.33. The molecule has 3 atom stereocenters. The molecule has 0 radical (unpaired) electrons. The molecule has 1 aliphatic heterocycles. The number of imidazole rings is 1. The van der Waals surface area contributed by atoms with Gasteiger partial charge in [0.25, 0.3) is 0 Å². The minimum Gasteiger partial charge on any atom is -0.394 e. The number of nitrogen functional groups attached to an aromatic ring is 1. The molecule has 2 aromatic rings. The number of aromatic nitrogens is 4. The lowest BCUT2D eigenvalue weighted by Gasteiger charge is -2.14. The fraction of sp³-hybridized carbons (Fsp3) is 0.545. The number of hydrogen-bond acceptors (Lipinski definition) is 8. The molecule has 1 saturated heterocycles. The van der Waals surface area contributed by atoms with Gasteiger partial charge in [-0.3, -0.25) is 4.57 Å². The highest BCUT2D eigenvalue weighted by Crippen LogP contribution is 2.33. The van der Waals surface area contributed by atoms with Gasteiger partial charge in [-0.25, -0.2) is 4.98 Å². The number of aliphatic hydroxyl groups excluding tert-OH is 1. The van der Waals surface area contributed by atoms with Crippen molar-refractivity contribution in [1.82, 2.24) is 19.5 Å². The number of nitrogens with zero attached hydrogens (tertiary/aromatic N) is 7. The molecule has 0 aromatic carbocycles. The second-order valence-corrected chi connectivity index (χ2v) is 4.82. The lowest BCUT2D eigenvalue weighted by molar-refractivity contribution is -0.0232. The Hall–Kier alpha value is -2.62. The van der Waals surface area contributed by atoms with Crippen molar-refractivity contribution in [2.24, 2.45) is 5.11 Å². The standard InChI is InChI=1S/C11H15N9O2/c1-14-9-8-10(17-11(12)16-9)20(4-15-8)7-2-5(18-19-13)6(3-21)22-7/h4-7,21H,2-3H2,1H3,(H3,12,14,16,17)/t5-,6+,7+/m1/s1. The van der Waals surface area contributed by atoms with Crippen molar-refractivity contribution in [1.29, 1.82) is 0 Å². The molecule has 2 aromatic heterocycles. The molecule has 0 bridgehead atoms. The number of nitrogens with two attached hydrogens (primary N) is 1. The van der Waals surface area contributed by atoms with Crippen LogP contribution in [0.2, 0.25) is 0 Å². The van der Waals surface area contributed by atoms with Gasteiger partial charge >= 0.3 is 0 Å². The summed E-state index contributed by atoms with van der Waals surface area (Å²) in [5.74, 6) is 0.631. The number of nitrogens with one attached hydrogen (secondary N) is 1. The van der Waals surface area contributed by atoms with E-state index in [4.69, 9.17) is 16.0 Å². The van der Waals surface area contributed by atoms with Gasteiger partial charge in [-0.1, -0.05) is 5.11 Å². The first-order valence-corrected chi connectivity index (χ1v) is 6.66. The zero-order valence-corrected chi connectivity index (χ0v) is 11.8. The van der Waals surface area contributed by atoms with E-state index in [0.29, 0.717) is 23.4 Å². The maximum Gasteiger partial charge on any atom is 0.224 e. The molecule has 4 N–H and O–H groups in total. The molecule has 1 fully saturated rings. The largest absolute Gasteiger partial charge is 0.394 e. The Labute approximate surface area is 124 Å². The van der Waals surface area contributed by atoms with Crippen molar-refractivity contribution >= 4 is 22.9 Å². The van der Waals surface area contributed by atoms with E-state index in [-0.39, 0.29) is 12.6 Å². The van der Waals surface area contributed by atoms with E-state index in [2.05, 4.69) is 30.3 Å². The molecular weight excluding hydrogens is 290 g/mol. The number of fused-ring (bicyclic) bond motifs is 1. The number of hydrogen-bond donors (Lipinski definition) is 3. The van der Waals surface area contributed by atoms with Gasteiger partial charge < -0.3 is 20.9 Å². The predicted molar refractivity (Wildman–Crippen MR) is 77.8 cm³/mol. The Balaban J connectivity index is 2.01. The Morgan fingerprint density at radius 2 is 2.45 bits per heavy atom. The SMILES string of the molecule is CNc1nc(N)nc2c1ncn2[C@@H]1C[C@@H](N=[N+]=[N-])[C@H](CO)O1. The zero-order chi connectivity index (χ0) is 15.7. The third-order valence-corrected chi connectivity index (χ3v) is 3.57. The molecule has 0 saturated carbocycles. The lowest BCUT2D eigenvalue weighted by atomic mass is 10.1. The topological polar surface area (TPSA) is 160 Å². The van der Waals surface area contributed by atoms with Gasteiger partial charge in [0.05, 0.1) is 25.1 Å². The summed E-state index contributed by atoms with van der Waals surface area (Å²) in [5.41, 5.74) is 15.4. The maximum absolute atomic E-state index is 9.33. The van der Waals surface area contributed by atoms with Gasteiger partial charge in [-0.2, -0.15) is 9.97 Å². The molecule has 0 spiro atoms. The number of azide groups is 1. The Bertz CT molecular complexity index is 738. The number of rotatable bonds is 4. The summed E-state index contributed by atoms with van der Waals surface area (Å²) in [6.07, 6.45) is 0.981. The van der Waals surface area contributed by atoms with Crippen molar-refractivity contribution in [2.45, 2.75) is 24.8 Å². The van der Waals surface area contributed by atoms with Gasteiger partial charge in [0.2, 0.25) is 5.95 Å². The molecule has 1 aliphatic rings. The van der Waals surface area contributed by atoms with Gasteiger partial charge in [0, 0.05) is 18.4 Å². The molecule has 0 amide bonds. The van der Waals surface area contributed by atoms with Gasteiger partial charge in [-0.15, -0.1) is 0 Å². The number of aliphatic hydroxyl groups is 1. The van der Waals surface area contributed by atoms with Crippen LogP contribution in [0.4, 0.5) is 11.8 Å². The van der Waals surface area contributed by atoms with Crippen LogP contribution in [0.1, 0.15) is 12.6 Å². The third kappa shape index (κ3) is 2.26. The Morgan fingerprint density at radius 1 is 1.64 bits per heavy atom. The van der Waals surface area contributed by atoms with Crippen LogP contribution in [0, 0.1) is 0 Å². The molecule has 22 heavy (non-hydrogen) atoms. The van der Waals surface area contributed by atoms with E-state index in [1.165, 1.54) is 0 Å². The predicted octanol–water partition coefficient (Wildman–Crippen LogP) is 0.409. The number of ether oxygens (including phenoxy) is 1. The molecule has 3 heterocycles.